The van der Waals surface area contributed by atoms with E-state index in [1.807, 2.05) is 24.4 Å². The van der Waals surface area contributed by atoms with Crippen molar-refractivity contribution in [3.8, 4) is 11.5 Å². The van der Waals surface area contributed by atoms with Crippen LogP contribution in [-0.4, -0.2) is 26.4 Å². The standard InChI is InChI=1S/C29H23F3N4O2S/c1-2-39-21-7-8-24-18(13-21)9-12-36(24)16-25(37)33-20-14-22(31)26(23(32)15-20)29(10-11-29)28-34-27(38-35-28)17-3-5-19(30)6-4-17/h3-9,12-15H,2,10-11,16H2,1H3,(H,33,37). The van der Waals surface area contributed by atoms with Gasteiger partial charge in [0.05, 0.1) is 5.41 Å². The summed E-state index contributed by atoms with van der Waals surface area (Å²) in [7, 11) is 0. The Balaban J connectivity index is 1.20. The van der Waals surface area contributed by atoms with Gasteiger partial charge in [-0.05, 0) is 79.3 Å². The van der Waals surface area contributed by atoms with Gasteiger partial charge in [0.2, 0.25) is 5.91 Å². The fourth-order valence-corrected chi connectivity index (χ4v) is 5.58. The molecule has 198 valence electrons. The van der Waals surface area contributed by atoms with Gasteiger partial charge < -0.3 is 14.4 Å². The molecule has 1 aliphatic carbocycles. The van der Waals surface area contributed by atoms with Crippen LogP contribution >= 0.6 is 11.8 Å². The van der Waals surface area contributed by atoms with Crippen LogP contribution in [0.15, 0.2) is 76.3 Å². The van der Waals surface area contributed by atoms with Crippen molar-refractivity contribution in [3.05, 3.63) is 95.7 Å². The third-order valence-corrected chi connectivity index (χ3v) is 7.74. The zero-order valence-electron chi connectivity index (χ0n) is 20.9. The number of hydrogen-bond donors (Lipinski definition) is 1. The van der Waals surface area contributed by atoms with Gasteiger partial charge in [-0.15, -0.1) is 11.8 Å². The number of halogens is 3. The third-order valence-electron chi connectivity index (χ3n) is 6.87. The van der Waals surface area contributed by atoms with E-state index in [1.54, 1.807) is 16.3 Å². The normalized spacial score (nSPS) is 14.1. The molecule has 1 N–H and O–H groups in total. The molecule has 0 bridgehead atoms. The van der Waals surface area contributed by atoms with E-state index in [1.165, 1.54) is 24.3 Å². The number of rotatable bonds is 8. The predicted molar refractivity (Wildman–Crippen MR) is 143 cm³/mol. The number of nitrogens with zero attached hydrogens (tertiary/aromatic N) is 3. The monoisotopic (exact) mass is 548 g/mol. The molecular weight excluding hydrogens is 525 g/mol. The highest BCUT2D eigenvalue weighted by Crippen LogP contribution is 2.54. The van der Waals surface area contributed by atoms with E-state index in [0.29, 0.717) is 18.4 Å². The predicted octanol–water partition coefficient (Wildman–Crippen LogP) is 6.94. The molecule has 0 aliphatic heterocycles. The number of nitrogens with one attached hydrogen (secondary N) is 1. The van der Waals surface area contributed by atoms with Gasteiger partial charge >= 0.3 is 0 Å². The second-order valence-electron chi connectivity index (χ2n) is 9.47. The van der Waals surface area contributed by atoms with Crippen LogP contribution in [0.1, 0.15) is 31.2 Å². The van der Waals surface area contributed by atoms with Gasteiger partial charge in [-0.25, -0.2) is 13.2 Å². The van der Waals surface area contributed by atoms with E-state index < -0.39 is 28.8 Å². The van der Waals surface area contributed by atoms with Crippen LogP contribution in [0.25, 0.3) is 22.4 Å². The molecule has 1 saturated carbocycles. The fraction of sp³-hybridized carbons (Fsp3) is 0.207. The van der Waals surface area contributed by atoms with E-state index >= 15 is 8.78 Å². The Morgan fingerprint density at radius 1 is 1.05 bits per heavy atom. The number of carbonyl (C=O) groups is 1. The van der Waals surface area contributed by atoms with Crippen molar-refractivity contribution < 1.29 is 22.5 Å². The van der Waals surface area contributed by atoms with Crippen LogP contribution in [0, 0.1) is 17.5 Å². The van der Waals surface area contributed by atoms with Crippen molar-refractivity contribution in [1.82, 2.24) is 14.7 Å². The van der Waals surface area contributed by atoms with Crippen LogP contribution in [0.4, 0.5) is 18.9 Å². The minimum atomic E-state index is -1.06. The molecule has 39 heavy (non-hydrogen) atoms. The molecule has 1 aliphatic rings. The first kappa shape index (κ1) is 25.2. The quantitative estimate of drug-likeness (QED) is 0.213. The summed E-state index contributed by atoms with van der Waals surface area (Å²) in [6.45, 7) is 2.08. The SMILES string of the molecule is CCSc1ccc2c(ccn2CC(=O)Nc2cc(F)c(C3(c4noc(-c5ccc(F)cc5)n4)CC3)c(F)c2)c1. The van der Waals surface area contributed by atoms with Gasteiger partial charge in [0.1, 0.15) is 24.0 Å². The molecule has 2 aromatic heterocycles. The number of carbonyl (C=O) groups excluding carboxylic acids is 1. The van der Waals surface area contributed by atoms with Crippen molar-refractivity contribution >= 4 is 34.3 Å². The van der Waals surface area contributed by atoms with Crippen LogP contribution in [0.5, 0.6) is 0 Å². The summed E-state index contributed by atoms with van der Waals surface area (Å²) in [5.41, 5.74) is 0.198. The van der Waals surface area contributed by atoms with E-state index in [0.717, 1.165) is 33.7 Å². The molecule has 0 radical (unpaired) electrons. The number of anilines is 1. The maximum Gasteiger partial charge on any atom is 0.257 e. The fourth-order valence-electron chi connectivity index (χ4n) is 4.87. The van der Waals surface area contributed by atoms with Crippen molar-refractivity contribution in [1.29, 1.82) is 0 Å². The lowest BCUT2D eigenvalue weighted by Crippen LogP contribution is -2.20. The van der Waals surface area contributed by atoms with Crippen molar-refractivity contribution in [2.75, 3.05) is 11.1 Å². The molecule has 10 heteroatoms. The zero-order chi connectivity index (χ0) is 27.1. The van der Waals surface area contributed by atoms with Crippen molar-refractivity contribution in [2.45, 2.75) is 36.6 Å². The van der Waals surface area contributed by atoms with Crippen LogP contribution in [0.3, 0.4) is 0 Å². The summed E-state index contributed by atoms with van der Waals surface area (Å²) in [6, 6.07) is 15.7. The second-order valence-corrected chi connectivity index (χ2v) is 10.8. The first-order valence-corrected chi connectivity index (χ1v) is 13.5. The summed E-state index contributed by atoms with van der Waals surface area (Å²) in [6.07, 6.45) is 2.69. The number of fused-ring (bicyclic) bond motifs is 1. The average Bonchev–Trinajstić information content (AvgIpc) is 3.35. The van der Waals surface area contributed by atoms with Gasteiger partial charge in [0.15, 0.2) is 5.82 Å². The topological polar surface area (TPSA) is 73.0 Å². The summed E-state index contributed by atoms with van der Waals surface area (Å²) < 4.78 is 51.0. The molecule has 0 spiro atoms. The van der Waals surface area contributed by atoms with Gasteiger partial charge in [0, 0.05) is 38.8 Å². The van der Waals surface area contributed by atoms with E-state index in [2.05, 4.69) is 28.4 Å². The Kier molecular flexibility index (Phi) is 6.42. The van der Waals surface area contributed by atoms with Crippen LogP contribution in [-0.2, 0) is 16.8 Å². The highest BCUT2D eigenvalue weighted by molar-refractivity contribution is 7.99. The molecule has 2 heterocycles. The molecule has 6 nitrogen and oxygen atoms in total. The van der Waals surface area contributed by atoms with Gasteiger partial charge in [-0.1, -0.05) is 12.1 Å². The Bertz CT molecular complexity index is 1670. The lowest BCUT2D eigenvalue weighted by atomic mass is 9.93. The first-order valence-electron chi connectivity index (χ1n) is 12.5. The number of thioether (sulfide) groups is 1. The summed E-state index contributed by atoms with van der Waals surface area (Å²) in [4.78, 5) is 18.3. The summed E-state index contributed by atoms with van der Waals surface area (Å²) >= 11 is 1.74. The maximum absolute atomic E-state index is 15.3. The van der Waals surface area contributed by atoms with Crippen molar-refractivity contribution in [3.63, 3.8) is 0 Å². The summed E-state index contributed by atoms with van der Waals surface area (Å²) in [5.74, 6) is -1.15. The lowest BCUT2D eigenvalue weighted by Gasteiger charge is -2.15. The molecule has 0 unspecified atom stereocenters. The molecule has 0 atom stereocenters. The van der Waals surface area contributed by atoms with Crippen molar-refractivity contribution in [2.24, 2.45) is 0 Å². The molecule has 5 aromatic rings. The highest BCUT2D eigenvalue weighted by Gasteiger charge is 2.53. The van der Waals surface area contributed by atoms with Gasteiger partial charge in [0.25, 0.3) is 5.89 Å². The number of hydrogen-bond acceptors (Lipinski definition) is 5. The van der Waals surface area contributed by atoms with E-state index in [4.69, 9.17) is 4.52 Å². The molecule has 1 fully saturated rings. The number of amides is 1. The Morgan fingerprint density at radius 2 is 1.79 bits per heavy atom. The van der Waals surface area contributed by atoms with Gasteiger partial charge in [-0.2, -0.15) is 4.98 Å². The Hall–Kier alpha value is -4.05. The number of benzene rings is 3. The minimum absolute atomic E-state index is 0.00623. The average molecular weight is 549 g/mol. The zero-order valence-corrected chi connectivity index (χ0v) is 21.7. The molecule has 0 saturated heterocycles. The maximum atomic E-state index is 15.3. The Morgan fingerprint density at radius 3 is 2.49 bits per heavy atom. The smallest absolute Gasteiger partial charge is 0.257 e. The van der Waals surface area contributed by atoms with E-state index in [9.17, 15) is 9.18 Å². The molecule has 1 amide bonds. The van der Waals surface area contributed by atoms with Gasteiger partial charge in [-0.3, -0.25) is 4.79 Å². The number of aromatic nitrogens is 3. The molecule has 3 aromatic carbocycles. The highest BCUT2D eigenvalue weighted by atomic mass is 32.2. The van der Waals surface area contributed by atoms with Crippen LogP contribution in [0.2, 0.25) is 0 Å². The second kappa shape index (κ2) is 9.92. The lowest BCUT2D eigenvalue weighted by molar-refractivity contribution is -0.116. The third kappa shape index (κ3) is 4.80. The minimum Gasteiger partial charge on any atom is -0.338 e. The van der Waals surface area contributed by atoms with Crippen LogP contribution < -0.4 is 5.32 Å². The largest absolute Gasteiger partial charge is 0.338 e. The Labute approximate surface area is 226 Å². The summed E-state index contributed by atoms with van der Waals surface area (Å²) in [5, 5.41) is 7.59. The molecule has 6 rings (SSSR count). The molecular formula is C29H23F3N4O2S. The van der Waals surface area contributed by atoms with E-state index in [-0.39, 0.29) is 29.5 Å². The first-order chi connectivity index (χ1) is 18.9.